The van der Waals surface area contributed by atoms with Crippen LogP contribution in [0.15, 0.2) is 36.4 Å². The Bertz CT molecular complexity index is 828. The molecule has 2 heterocycles. The average molecular weight is 375 g/mol. The summed E-state index contributed by atoms with van der Waals surface area (Å²) in [4.78, 5) is 14.8. The first-order chi connectivity index (χ1) is 12.5. The molecule has 0 radical (unpaired) electrons. The molecule has 2 aliphatic rings. The summed E-state index contributed by atoms with van der Waals surface area (Å²) in [5, 5.41) is 23.1. The highest BCUT2D eigenvalue weighted by Gasteiger charge is 2.35. The van der Waals surface area contributed by atoms with Crippen LogP contribution >= 0.6 is 11.6 Å². The summed E-state index contributed by atoms with van der Waals surface area (Å²) in [7, 11) is 0. The molecule has 136 valence electrons. The second kappa shape index (κ2) is 6.70. The van der Waals surface area contributed by atoms with E-state index in [0.717, 1.165) is 18.5 Å². The number of aromatic hydroxyl groups is 2. The summed E-state index contributed by atoms with van der Waals surface area (Å²) in [6, 6.07) is 10.3. The van der Waals surface area contributed by atoms with Crippen LogP contribution in [0.2, 0.25) is 5.02 Å². The van der Waals surface area contributed by atoms with Crippen molar-refractivity contribution < 1.29 is 19.7 Å². The topological polar surface area (TPSA) is 82.0 Å². The van der Waals surface area contributed by atoms with Crippen molar-refractivity contribution in [2.75, 3.05) is 18.5 Å². The first-order valence-corrected chi connectivity index (χ1v) is 8.92. The van der Waals surface area contributed by atoms with Gasteiger partial charge in [0.25, 0.3) is 5.91 Å². The minimum Gasteiger partial charge on any atom is -0.504 e. The third-order valence-electron chi connectivity index (χ3n) is 4.83. The zero-order valence-electron chi connectivity index (χ0n) is 14.0. The number of ether oxygens (including phenoxy) is 1. The van der Waals surface area contributed by atoms with E-state index in [1.807, 2.05) is 18.2 Å². The molecule has 0 unspecified atom stereocenters. The minimum absolute atomic E-state index is 0.0188. The number of fused-ring (bicyclic) bond motifs is 1. The number of halogens is 1. The van der Waals surface area contributed by atoms with Crippen molar-refractivity contribution in [1.82, 2.24) is 4.90 Å². The van der Waals surface area contributed by atoms with Crippen LogP contribution in [0.1, 0.15) is 34.9 Å². The van der Waals surface area contributed by atoms with Crippen LogP contribution in [0.4, 0.5) is 5.69 Å². The number of carbonyl (C=O) groups is 1. The van der Waals surface area contributed by atoms with Gasteiger partial charge in [-0.1, -0.05) is 23.7 Å². The number of phenolic OH excluding ortho intramolecular Hbond substituents is 2. The highest BCUT2D eigenvalue weighted by Crippen LogP contribution is 2.40. The van der Waals surface area contributed by atoms with Gasteiger partial charge >= 0.3 is 0 Å². The van der Waals surface area contributed by atoms with Crippen LogP contribution in [0.3, 0.4) is 0 Å². The van der Waals surface area contributed by atoms with E-state index >= 15 is 0 Å². The van der Waals surface area contributed by atoms with Crippen LogP contribution in [0.25, 0.3) is 0 Å². The number of nitrogens with zero attached hydrogens (tertiary/aromatic N) is 1. The van der Waals surface area contributed by atoms with Gasteiger partial charge in [0, 0.05) is 24.4 Å². The SMILES string of the molecule is O=C1c2ccccc2N[C@@H](c2cc(O)c(O)c(Cl)c2)N1C[C@H]1CCCO1. The number of para-hydroxylation sites is 1. The fourth-order valence-corrected chi connectivity index (χ4v) is 3.74. The number of carbonyl (C=O) groups excluding carboxylic acids is 1. The monoisotopic (exact) mass is 374 g/mol. The number of phenols is 2. The molecule has 2 aromatic rings. The summed E-state index contributed by atoms with van der Waals surface area (Å²) >= 11 is 6.03. The third kappa shape index (κ3) is 2.95. The summed E-state index contributed by atoms with van der Waals surface area (Å²) in [5.41, 5.74) is 1.90. The van der Waals surface area contributed by atoms with E-state index in [1.165, 1.54) is 6.07 Å². The Morgan fingerprint density at radius 1 is 1.27 bits per heavy atom. The van der Waals surface area contributed by atoms with Gasteiger partial charge in [0.15, 0.2) is 11.5 Å². The molecule has 0 aliphatic carbocycles. The summed E-state index contributed by atoms with van der Waals surface area (Å²) in [5.74, 6) is -0.801. The highest BCUT2D eigenvalue weighted by molar-refractivity contribution is 6.32. The molecule has 0 spiro atoms. The minimum atomic E-state index is -0.523. The highest BCUT2D eigenvalue weighted by atomic mass is 35.5. The third-order valence-corrected chi connectivity index (χ3v) is 5.12. The van der Waals surface area contributed by atoms with Crippen LogP contribution in [0.5, 0.6) is 11.5 Å². The second-order valence-electron chi connectivity index (χ2n) is 6.56. The maximum absolute atomic E-state index is 13.1. The van der Waals surface area contributed by atoms with Gasteiger partial charge in [-0.05, 0) is 37.1 Å². The Balaban J connectivity index is 1.75. The molecule has 26 heavy (non-hydrogen) atoms. The molecule has 1 amide bonds. The van der Waals surface area contributed by atoms with E-state index in [0.29, 0.717) is 24.3 Å². The van der Waals surface area contributed by atoms with Gasteiger partial charge in [-0.15, -0.1) is 0 Å². The molecule has 2 aliphatic heterocycles. The zero-order valence-corrected chi connectivity index (χ0v) is 14.7. The van der Waals surface area contributed by atoms with Crippen LogP contribution < -0.4 is 5.32 Å². The lowest BCUT2D eigenvalue weighted by Gasteiger charge is -2.39. The lowest BCUT2D eigenvalue weighted by atomic mass is 10.0. The molecule has 4 rings (SSSR count). The lowest BCUT2D eigenvalue weighted by Crippen LogP contribution is -2.46. The molecular weight excluding hydrogens is 356 g/mol. The fraction of sp³-hybridized carbons (Fsp3) is 0.316. The smallest absolute Gasteiger partial charge is 0.257 e. The predicted molar refractivity (Wildman–Crippen MR) is 97.6 cm³/mol. The number of amides is 1. The molecule has 3 N–H and O–H groups in total. The number of hydrogen-bond acceptors (Lipinski definition) is 5. The summed E-state index contributed by atoms with van der Waals surface area (Å²) < 4.78 is 5.71. The Morgan fingerprint density at radius 2 is 2.08 bits per heavy atom. The molecule has 6 nitrogen and oxygen atoms in total. The summed E-state index contributed by atoms with van der Waals surface area (Å²) in [6.45, 7) is 1.14. The standard InChI is InChI=1S/C19H19ClN2O4/c20-14-8-11(9-16(23)17(14)24)18-21-15-6-2-1-5-13(15)19(25)22(18)10-12-4-3-7-26-12/h1-2,5-6,8-9,12,18,21,23-24H,3-4,7,10H2/t12-,18-/m1/s1. The Labute approximate surface area is 156 Å². The number of rotatable bonds is 3. The molecule has 0 saturated carbocycles. The first-order valence-electron chi connectivity index (χ1n) is 8.54. The van der Waals surface area contributed by atoms with Gasteiger partial charge in [-0.2, -0.15) is 0 Å². The van der Waals surface area contributed by atoms with Crippen molar-refractivity contribution in [3.05, 3.63) is 52.5 Å². The van der Waals surface area contributed by atoms with E-state index in [4.69, 9.17) is 16.3 Å². The van der Waals surface area contributed by atoms with Crippen molar-refractivity contribution in [3.63, 3.8) is 0 Å². The molecule has 0 bridgehead atoms. The van der Waals surface area contributed by atoms with Crippen molar-refractivity contribution in [2.45, 2.75) is 25.1 Å². The van der Waals surface area contributed by atoms with E-state index < -0.39 is 6.17 Å². The van der Waals surface area contributed by atoms with Crippen molar-refractivity contribution in [1.29, 1.82) is 0 Å². The number of nitrogens with one attached hydrogen (secondary N) is 1. The number of anilines is 1. The summed E-state index contributed by atoms with van der Waals surface area (Å²) in [6.07, 6.45) is 1.34. The van der Waals surface area contributed by atoms with E-state index in [9.17, 15) is 15.0 Å². The van der Waals surface area contributed by atoms with E-state index in [1.54, 1.807) is 17.0 Å². The molecule has 1 fully saturated rings. The van der Waals surface area contributed by atoms with Gasteiger partial charge in [0.05, 0.1) is 16.7 Å². The Hall–Kier alpha value is -2.44. The second-order valence-corrected chi connectivity index (χ2v) is 6.96. The predicted octanol–water partition coefficient (Wildman–Crippen LogP) is 3.50. The van der Waals surface area contributed by atoms with Crippen molar-refractivity contribution in [3.8, 4) is 11.5 Å². The molecule has 0 aromatic heterocycles. The Morgan fingerprint density at radius 3 is 2.81 bits per heavy atom. The van der Waals surface area contributed by atoms with Crippen LogP contribution in [-0.2, 0) is 4.74 Å². The first kappa shape index (κ1) is 17.0. The van der Waals surface area contributed by atoms with Gasteiger partial charge in [-0.3, -0.25) is 4.79 Å². The fourth-order valence-electron chi connectivity index (χ4n) is 3.51. The zero-order chi connectivity index (χ0) is 18.3. The molecule has 7 heteroatoms. The van der Waals surface area contributed by atoms with E-state index in [2.05, 4.69) is 5.32 Å². The van der Waals surface area contributed by atoms with Crippen molar-refractivity contribution in [2.24, 2.45) is 0 Å². The Kier molecular flexibility index (Phi) is 4.38. The average Bonchev–Trinajstić information content (AvgIpc) is 3.15. The molecular formula is C19H19ClN2O4. The van der Waals surface area contributed by atoms with Gasteiger partial charge in [-0.25, -0.2) is 0 Å². The van der Waals surface area contributed by atoms with Gasteiger partial charge in [0.2, 0.25) is 0 Å². The maximum Gasteiger partial charge on any atom is 0.257 e. The molecule has 1 saturated heterocycles. The van der Waals surface area contributed by atoms with Crippen molar-refractivity contribution >= 4 is 23.2 Å². The van der Waals surface area contributed by atoms with E-state index in [-0.39, 0.29) is 28.5 Å². The lowest BCUT2D eigenvalue weighted by molar-refractivity contribution is 0.0426. The van der Waals surface area contributed by atoms with Crippen LogP contribution in [0, 0.1) is 0 Å². The van der Waals surface area contributed by atoms with Gasteiger partial charge in [0.1, 0.15) is 6.17 Å². The normalized spacial score (nSPS) is 22.2. The number of hydrogen-bond donors (Lipinski definition) is 3. The van der Waals surface area contributed by atoms with Crippen LogP contribution in [-0.4, -0.2) is 40.3 Å². The molecule has 2 aromatic carbocycles. The maximum atomic E-state index is 13.1. The number of benzene rings is 2. The quantitative estimate of drug-likeness (QED) is 0.716. The molecule has 2 atom stereocenters. The van der Waals surface area contributed by atoms with Gasteiger partial charge < -0.3 is 25.2 Å². The largest absolute Gasteiger partial charge is 0.504 e.